The molecule has 1 aromatic rings. The molecule has 0 radical (unpaired) electrons. The molecule has 0 aliphatic carbocycles. The van der Waals surface area contributed by atoms with Gasteiger partial charge in [-0.2, -0.15) is 0 Å². The topological polar surface area (TPSA) is 58.4 Å². The summed E-state index contributed by atoms with van der Waals surface area (Å²) >= 11 is 0. The summed E-state index contributed by atoms with van der Waals surface area (Å²) < 4.78 is 2.00. The summed E-state index contributed by atoms with van der Waals surface area (Å²) in [4.78, 5) is 17.9. The second kappa shape index (κ2) is 4.39. The molecule has 1 saturated heterocycles. The van der Waals surface area contributed by atoms with E-state index in [9.17, 15) is 9.90 Å². The number of carbonyl (C=O) groups is 1. The van der Waals surface area contributed by atoms with Gasteiger partial charge in [0.25, 0.3) is 0 Å². The van der Waals surface area contributed by atoms with E-state index in [1.54, 1.807) is 6.20 Å². The number of aliphatic carboxylic acids is 1. The van der Waals surface area contributed by atoms with Crippen LogP contribution in [0, 0.1) is 0 Å². The zero-order valence-electron chi connectivity index (χ0n) is 10.4. The van der Waals surface area contributed by atoms with E-state index in [1.807, 2.05) is 29.5 Å². The Morgan fingerprint density at radius 2 is 2.35 bits per heavy atom. The van der Waals surface area contributed by atoms with Crippen LogP contribution in [0.3, 0.4) is 0 Å². The van der Waals surface area contributed by atoms with E-state index in [2.05, 4.69) is 4.98 Å². The van der Waals surface area contributed by atoms with Crippen LogP contribution < -0.4 is 4.90 Å². The van der Waals surface area contributed by atoms with Gasteiger partial charge in [-0.25, -0.2) is 9.78 Å². The number of carboxylic acid groups (broad SMARTS) is 1. The summed E-state index contributed by atoms with van der Waals surface area (Å²) in [6.07, 6.45) is 5.86. The Morgan fingerprint density at radius 1 is 1.59 bits per heavy atom. The Kier molecular flexibility index (Phi) is 3.09. The van der Waals surface area contributed by atoms with Crippen LogP contribution in [0.1, 0.15) is 33.1 Å². The maximum absolute atomic E-state index is 11.6. The fourth-order valence-corrected chi connectivity index (χ4v) is 2.70. The van der Waals surface area contributed by atoms with Gasteiger partial charge in [0.05, 0.1) is 0 Å². The first-order valence-corrected chi connectivity index (χ1v) is 6.18. The van der Waals surface area contributed by atoms with Gasteiger partial charge in [-0.1, -0.05) is 6.92 Å². The number of imidazole rings is 1. The zero-order chi connectivity index (χ0) is 12.5. The number of rotatable bonds is 4. The summed E-state index contributed by atoms with van der Waals surface area (Å²) in [6.45, 7) is 5.56. The smallest absolute Gasteiger partial charge is 0.329 e. The molecule has 1 fully saturated rings. The lowest BCUT2D eigenvalue weighted by Crippen LogP contribution is -2.51. The minimum Gasteiger partial charge on any atom is -0.479 e. The number of hydrogen-bond acceptors (Lipinski definition) is 3. The largest absolute Gasteiger partial charge is 0.479 e. The number of anilines is 1. The van der Waals surface area contributed by atoms with Gasteiger partial charge < -0.3 is 14.6 Å². The monoisotopic (exact) mass is 237 g/mol. The lowest BCUT2D eigenvalue weighted by Gasteiger charge is -2.34. The molecule has 94 valence electrons. The van der Waals surface area contributed by atoms with Crippen molar-refractivity contribution in [2.45, 2.75) is 45.2 Å². The van der Waals surface area contributed by atoms with Crippen LogP contribution in [0.25, 0.3) is 0 Å². The van der Waals surface area contributed by atoms with E-state index in [4.69, 9.17) is 0 Å². The van der Waals surface area contributed by atoms with Crippen LogP contribution >= 0.6 is 0 Å². The van der Waals surface area contributed by atoms with Gasteiger partial charge in [0.2, 0.25) is 5.95 Å². The van der Waals surface area contributed by atoms with Gasteiger partial charge >= 0.3 is 5.97 Å². The molecule has 1 aromatic heterocycles. The number of aromatic nitrogens is 2. The summed E-state index contributed by atoms with van der Waals surface area (Å²) in [6, 6.07) is 0. The van der Waals surface area contributed by atoms with Crippen molar-refractivity contribution in [1.82, 2.24) is 9.55 Å². The van der Waals surface area contributed by atoms with Crippen molar-refractivity contribution < 1.29 is 9.90 Å². The highest BCUT2D eigenvalue weighted by atomic mass is 16.4. The minimum absolute atomic E-state index is 0.610. The van der Waals surface area contributed by atoms with Gasteiger partial charge in [-0.3, -0.25) is 0 Å². The van der Waals surface area contributed by atoms with E-state index < -0.39 is 11.5 Å². The first kappa shape index (κ1) is 12.0. The average molecular weight is 237 g/mol. The molecule has 0 saturated carbocycles. The van der Waals surface area contributed by atoms with Crippen LogP contribution in [0.5, 0.6) is 0 Å². The van der Waals surface area contributed by atoms with Crippen LogP contribution in [0.15, 0.2) is 12.4 Å². The molecular formula is C12H19N3O2. The van der Waals surface area contributed by atoms with Crippen molar-refractivity contribution in [2.75, 3.05) is 11.4 Å². The minimum atomic E-state index is -0.766. The summed E-state index contributed by atoms with van der Waals surface area (Å²) in [5, 5.41) is 9.52. The van der Waals surface area contributed by atoms with Crippen LogP contribution in [-0.2, 0) is 11.3 Å². The fourth-order valence-electron chi connectivity index (χ4n) is 2.70. The maximum Gasteiger partial charge on any atom is 0.329 e. The molecule has 1 unspecified atom stereocenters. The van der Waals surface area contributed by atoms with Crippen molar-refractivity contribution in [1.29, 1.82) is 0 Å². The Hall–Kier alpha value is -1.52. The van der Waals surface area contributed by atoms with Crippen molar-refractivity contribution in [2.24, 2.45) is 0 Å². The summed E-state index contributed by atoms with van der Waals surface area (Å²) in [5.41, 5.74) is -0.766. The van der Waals surface area contributed by atoms with E-state index >= 15 is 0 Å². The number of nitrogens with zero attached hydrogens (tertiary/aromatic N) is 3. The van der Waals surface area contributed by atoms with Crippen molar-refractivity contribution in [3.8, 4) is 0 Å². The van der Waals surface area contributed by atoms with Gasteiger partial charge in [-0.15, -0.1) is 0 Å². The van der Waals surface area contributed by atoms with Crippen molar-refractivity contribution >= 4 is 11.9 Å². The Balaban J connectivity index is 2.40. The van der Waals surface area contributed by atoms with Crippen LogP contribution in [0.2, 0.25) is 0 Å². The van der Waals surface area contributed by atoms with Crippen molar-refractivity contribution in [3.05, 3.63) is 12.4 Å². The average Bonchev–Trinajstić information content (AvgIpc) is 2.94. The molecule has 17 heavy (non-hydrogen) atoms. The van der Waals surface area contributed by atoms with Gasteiger partial charge in [0.1, 0.15) is 5.54 Å². The predicted octanol–water partition coefficient (Wildman–Crippen LogP) is 1.74. The molecule has 5 heteroatoms. The second-order valence-corrected chi connectivity index (χ2v) is 4.46. The van der Waals surface area contributed by atoms with E-state index in [0.29, 0.717) is 12.8 Å². The van der Waals surface area contributed by atoms with Crippen LogP contribution in [-0.4, -0.2) is 32.7 Å². The molecule has 0 amide bonds. The molecule has 0 bridgehead atoms. The summed E-state index contributed by atoms with van der Waals surface area (Å²) in [7, 11) is 0. The molecule has 1 aliphatic heterocycles. The lowest BCUT2D eigenvalue weighted by atomic mass is 9.93. The SMILES string of the molecule is CCn1ccnc1N1CCCC1(CC)C(=O)O. The van der Waals surface area contributed by atoms with Crippen LogP contribution in [0.4, 0.5) is 5.95 Å². The number of aryl methyl sites for hydroxylation is 1. The molecule has 5 nitrogen and oxygen atoms in total. The zero-order valence-corrected chi connectivity index (χ0v) is 10.4. The third-order valence-electron chi connectivity index (χ3n) is 3.75. The number of carboxylic acids is 1. The van der Waals surface area contributed by atoms with E-state index in [1.165, 1.54) is 0 Å². The summed E-state index contributed by atoms with van der Waals surface area (Å²) in [5.74, 6) is 0.0532. The van der Waals surface area contributed by atoms with Gasteiger partial charge in [-0.05, 0) is 26.2 Å². The first-order valence-electron chi connectivity index (χ1n) is 6.18. The first-order chi connectivity index (χ1) is 8.15. The maximum atomic E-state index is 11.6. The molecular weight excluding hydrogens is 218 g/mol. The fraction of sp³-hybridized carbons (Fsp3) is 0.667. The molecule has 1 aliphatic rings. The Labute approximate surface area is 101 Å². The molecule has 0 spiro atoms. The lowest BCUT2D eigenvalue weighted by molar-refractivity contribution is -0.143. The van der Waals surface area contributed by atoms with Crippen molar-refractivity contribution in [3.63, 3.8) is 0 Å². The van der Waals surface area contributed by atoms with E-state index in [0.717, 1.165) is 25.5 Å². The third kappa shape index (κ3) is 1.69. The predicted molar refractivity (Wildman–Crippen MR) is 65.1 cm³/mol. The molecule has 2 rings (SSSR count). The molecule has 1 N–H and O–H groups in total. The quantitative estimate of drug-likeness (QED) is 0.866. The van der Waals surface area contributed by atoms with Gasteiger partial charge in [0, 0.05) is 25.5 Å². The Morgan fingerprint density at radius 3 is 2.94 bits per heavy atom. The number of hydrogen-bond donors (Lipinski definition) is 1. The standard InChI is InChI=1S/C12H19N3O2/c1-3-12(10(16)17)6-5-8-15(12)11-13-7-9-14(11)4-2/h7,9H,3-6,8H2,1-2H3,(H,16,17). The third-order valence-corrected chi connectivity index (χ3v) is 3.75. The highest BCUT2D eigenvalue weighted by Crippen LogP contribution is 2.36. The molecule has 2 heterocycles. The normalized spacial score (nSPS) is 24.2. The molecule has 0 aromatic carbocycles. The highest BCUT2D eigenvalue weighted by Gasteiger charge is 2.47. The van der Waals surface area contributed by atoms with E-state index in [-0.39, 0.29) is 0 Å². The molecule has 1 atom stereocenters. The van der Waals surface area contributed by atoms with Gasteiger partial charge in [0.15, 0.2) is 0 Å². The Bertz CT molecular complexity index is 416. The highest BCUT2D eigenvalue weighted by molar-refractivity contribution is 5.83. The second-order valence-electron chi connectivity index (χ2n) is 4.46.